The van der Waals surface area contributed by atoms with Crippen LogP contribution < -0.4 is 14.9 Å². The van der Waals surface area contributed by atoms with Crippen molar-refractivity contribution < 1.29 is 19.4 Å². The van der Waals surface area contributed by atoms with Gasteiger partial charge >= 0.3 is 5.97 Å². The number of nitrogens with zero attached hydrogens (tertiary/aromatic N) is 1. The van der Waals surface area contributed by atoms with Crippen LogP contribution in [0.2, 0.25) is 0 Å². The SMILES string of the molecule is CCOc1ccc(C=NNc2cccc(C(=O)O)c2)c(OCC)c1. The summed E-state index contributed by atoms with van der Waals surface area (Å²) < 4.78 is 11.1. The molecule has 0 unspecified atom stereocenters. The fourth-order valence-electron chi connectivity index (χ4n) is 2.06. The van der Waals surface area contributed by atoms with E-state index in [0.29, 0.717) is 24.7 Å². The molecule has 0 amide bonds. The maximum Gasteiger partial charge on any atom is 0.335 e. The van der Waals surface area contributed by atoms with Crippen LogP contribution in [0, 0.1) is 0 Å². The largest absolute Gasteiger partial charge is 0.494 e. The van der Waals surface area contributed by atoms with Crippen molar-refractivity contribution in [2.75, 3.05) is 18.6 Å². The highest BCUT2D eigenvalue weighted by Gasteiger charge is 2.05. The molecule has 0 aromatic heterocycles. The van der Waals surface area contributed by atoms with Crippen molar-refractivity contribution in [2.45, 2.75) is 13.8 Å². The molecule has 2 aromatic rings. The van der Waals surface area contributed by atoms with Crippen molar-refractivity contribution in [3.63, 3.8) is 0 Å². The molecule has 6 nitrogen and oxygen atoms in total. The molecule has 0 radical (unpaired) electrons. The van der Waals surface area contributed by atoms with Crippen LogP contribution in [-0.4, -0.2) is 30.5 Å². The number of anilines is 1. The van der Waals surface area contributed by atoms with Crippen molar-refractivity contribution in [3.05, 3.63) is 53.6 Å². The van der Waals surface area contributed by atoms with E-state index < -0.39 is 5.97 Å². The zero-order valence-corrected chi connectivity index (χ0v) is 13.7. The number of hydrogen-bond acceptors (Lipinski definition) is 5. The third kappa shape index (κ3) is 4.74. The van der Waals surface area contributed by atoms with E-state index in [-0.39, 0.29) is 5.56 Å². The molecule has 0 atom stereocenters. The Morgan fingerprint density at radius 3 is 2.67 bits per heavy atom. The lowest BCUT2D eigenvalue weighted by Gasteiger charge is -2.10. The van der Waals surface area contributed by atoms with Gasteiger partial charge in [-0.25, -0.2) is 4.79 Å². The summed E-state index contributed by atoms with van der Waals surface area (Å²) in [6.07, 6.45) is 1.62. The number of aromatic carboxylic acids is 1. The second-order valence-corrected chi connectivity index (χ2v) is 4.82. The van der Waals surface area contributed by atoms with E-state index in [1.807, 2.05) is 32.0 Å². The van der Waals surface area contributed by atoms with Gasteiger partial charge in [-0.1, -0.05) is 6.07 Å². The molecule has 0 fully saturated rings. The third-order valence-corrected chi connectivity index (χ3v) is 3.10. The van der Waals surface area contributed by atoms with E-state index >= 15 is 0 Å². The van der Waals surface area contributed by atoms with E-state index in [1.165, 1.54) is 12.1 Å². The van der Waals surface area contributed by atoms with Gasteiger partial charge in [0.15, 0.2) is 0 Å². The summed E-state index contributed by atoms with van der Waals surface area (Å²) in [6.45, 7) is 4.94. The summed E-state index contributed by atoms with van der Waals surface area (Å²) in [5.41, 5.74) is 4.40. The number of benzene rings is 2. The van der Waals surface area contributed by atoms with Crippen LogP contribution >= 0.6 is 0 Å². The second kappa shape index (κ2) is 8.57. The molecule has 0 bridgehead atoms. The molecule has 0 aliphatic heterocycles. The first-order valence-electron chi connectivity index (χ1n) is 7.66. The lowest BCUT2D eigenvalue weighted by Crippen LogP contribution is -2.00. The Kier molecular flexibility index (Phi) is 6.19. The van der Waals surface area contributed by atoms with Crippen LogP contribution in [0.25, 0.3) is 0 Å². The maximum absolute atomic E-state index is 11.0. The zero-order valence-electron chi connectivity index (χ0n) is 13.7. The van der Waals surface area contributed by atoms with Crippen molar-refractivity contribution in [3.8, 4) is 11.5 Å². The molecule has 0 saturated carbocycles. The first-order valence-corrected chi connectivity index (χ1v) is 7.66. The Hall–Kier alpha value is -3.02. The number of hydrogen-bond donors (Lipinski definition) is 2. The summed E-state index contributed by atoms with van der Waals surface area (Å²) in [7, 11) is 0. The number of nitrogens with one attached hydrogen (secondary N) is 1. The van der Waals surface area contributed by atoms with Gasteiger partial charge in [0.05, 0.1) is 30.7 Å². The van der Waals surface area contributed by atoms with Gasteiger partial charge in [0.2, 0.25) is 0 Å². The quantitative estimate of drug-likeness (QED) is 0.571. The summed E-state index contributed by atoms with van der Waals surface area (Å²) in [5, 5.41) is 13.1. The molecule has 2 rings (SSSR count). The summed E-state index contributed by atoms with van der Waals surface area (Å²) in [4.78, 5) is 11.0. The van der Waals surface area contributed by atoms with Crippen molar-refractivity contribution in [2.24, 2.45) is 5.10 Å². The Morgan fingerprint density at radius 2 is 1.96 bits per heavy atom. The van der Waals surface area contributed by atoms with Crippen LogP contribution in [-0.2, 0) is 0 Å². The lowest BCUT2D eigenvalue weighted by atomic mass is 10.2. The first kappa shape index (κ1) is 17.3. The number of ether oxygens (including phenoxy) is 2. The van der Waals surface area contributed by atoms with Crippen LogP contribution in [0.4, 0.5) is 5.69 Å². The van der Waals surface area contributed by atoms with Crippen LogP contribution in [0.3, 0.4) is 0 Å². The van der Waals surface area contributed by atoms with Crippen LogP contribution in [0.1, 0.15) is 29.8 Å². The van der Waals surface area contributed by atoms with Gasteiger partial charge in [-0.15, -0.1) is 0 Å². The van der Waals surface area contributed by atoms with Crippen molar-refractivity contribution in [1.29, 1.82) is 0 Å². The number of rotatable bonds is 8. The highest BCUT2D eigenvalue weighted by Crippen LogP contribution is 2.24. The Balaban J connectivity index is 2.13. The fourth-order valence-corrected chi connectivity index (χ4v) is 2.06. The molecule has 126 valence electrons. The zero-order chi connectivity index (χ0) is 17.4. The minimum Gasteiger partial charge on any atom is -0.494 e. The minimum atomic E-state index is -0.979. The van der Waals surface area contributed by atoms with E-state index in [9.17, 15) is 4.79 Å². The lowest BCUT2D eigenvalue weighted by molar-refractivity contribution is 0.0697. The van der Waals surface area contributed by atoms with E-state index in [1.54, 1.807) is 18.3 Å². The molecule has 0 saturated heterocycles. The van der Waals surface area contributed by atoms with Gasteiger partial charge in [0.25, 0.3) is 0 Å². The van der Waals surface area contributed by atoms with Crippen molar-refractivity contribution >= 4 is 17.9 Å². The molecule has 2 aromatic carbocycles. The van der Waals surface area contributed by atoms with Crippen LogP contribution in [0.5, 0.6) is 11.5 Å². The number of carboxylic acids is 1. The Morgan fingerprint density at radius 1 is 1.17 bits per heavy atom. The number of hydrazone groups is 1. The van der Waals surface area contributed by atoms with Crippen LogP contribution in [0.15, 0.2) is 47.6 Å². The molecule has 0 spiro atoms. The molecule has 0 aliphatic carbocycles. The normalized spacial score (nSPS) is 10.6. The maximum atomic E-state index is 11.0. The topological polar surface area (TPSA) is 80.2 Å². The molecule has 0 aliphatic rings. The smallest absolute Gasteiger partial charge is 0.335 e. The minimum absolute atomic E-state index is 0.200. The Bertz CT molecular complexity index is 729. The molecule has 2 N–H and O–H groups in total. The summed E-state index contributed by atoms with van der Waals surface area (Å²) >= 11 is 0. The van der Waals surface area contributed by atoms with Gasteiger partial charge in [0, 0.05) is 11.6 Å². The average molecular weight is 328 g/mol. The van der Waals surface area contributed by atoms with Gasteiger partial charge in [-0.05, 0) is 44.2 Å². The monoisotopic (exact) mass is 328 g/mol. The second-order valence-electron chi connectivity index (χ2n) is 4.82. The predicted molar refractivity (Wildman–Crippen MR) is 93.4 cm³/mol. The predicted octanol–water partition coefficient (Wildman–Crippen LogP) is 3.63. The molecular formula is C18H20N2O4. The van der Waals surface area contributed by atoms with Gasteiger partial charge in [-0.2, -0.15) is 5.10 Å². The Labute approximate surface area is 140 Å². The number of carboxylic acid groups (broad SMARTS) is 1. The van der Waals surface area contributed by atoms with E-state index in [0.717, 1.165) is 11.3 Å². The van der Waals surface area contributed by atoms with Gasteiger partial charge in [0.1, 0.15) is 11.5 Å². The first-order chi connectivity index (χ1) is 11.6. The van der Waals surface area contributed by atoms with Gasteiger partial charge in [-0.3, -0.25) is 5.43 Å². The van der Waals surface area contributed by atoms with E-state index in [4.69, 9.17) is 14.6 Å². The van der Waals surface area contributed by atoms with E-state index in [2.05, 4.69) is 10.5 Å². The van der Waals surface area contributed by atoms with Gasteiger partial charge < -0.3 is 14.6 Å². The molecular weight excluding hydrogens is 308 g/mol. The highest BCUT2D eigenvalue weighted by molar-refractivity contribution is 5.89. The fraction of sp³-hybridized carbons (Fsp3) is 0.222. The average Bonchev–Trinajstić information content (AvgIpc) is 2.57. The molecule has 0 heterocycles. The number of carbonyl (C=O) groups is 1. The highest BCUT2D eigenvalue weighted by atomic mass is 16.5. The van der Waals surface area contributed by atoms with Crippen molar-refractivity contribution in [1.82, 2.24) is 0 Å². The summed E-state index contributed by atoms with van der Waals surface area (Å²) in [6, 6.07) is 12.0. The molecule has 6 heteroatoms. The molecule has 24 heavy (non-hydrogen) atoms. The standard InChI is InChI=1S/C18H20N2O4/c1-3-23-16-9-8-14(17(11-16)24-4-2)12-19-20-15-7-5-6-13(10-15)18(21)22/h5-12,20H,3-4H2,1-2H3,(H,21,22). The summed E-state index contributed by atoms with van der Waals surface area (Å²) in [5.74, 6) is 0.432. The third-order valence-electron chi connectivity index (χ3n) is 3.10.